The summed E-state index contributed by atoms with van der Waals surface area (Å²) in [6.07, 6.45) is 1.56. The molecular weight excluding hydrogens is 482 g/mol. The van der Waals surface area contributed by atoms with E-state index >= 15 is 0 Å². The van der Waals surface area contributed by atoms with Crippen LogP contribution >= 0.6 is 27.5 Å². The van der Waals surface area contributed by atoms with Gasteiger partial charge in [0.05, 0.1) is 24.2 Å². The average Bonchev–Trinajstić information content (AvgIpc) is 3.44. The fourth-order valence-electron chi connectivity index (χ4n) is 2.95. The van der Waals surface area contributed by atoms with Crippen molar-refractivity contribution in [1.29, 1.82) is 0 Å². The van der Waals surface area contributed by atoms with Gasteiger partial charge in [0.1, 0.15) is 10.6 Å². The third kappa shape index (κ3) is 4.18. The zero-order chi connectivity index (χ0) is 20.6. The molecule has 1 heterocycles. The van der Waals surface area contributed by atoms with Gasteiger partial charge in [-0.2, -0.15) is 4.31 Å². The molecular formula is C19H17BrClN3O4S. The van der Waals surface area contributed by atoms with E-state index in [2.05, 4.69) is 26.1 Å². The van der Waals surface area contributed by atoms with Crippen molar-refractivity contribution in [1.82, 2.24) is 14.5 Å². The second-order valence-electron chi connectivity index (χ2n) is 6.56. The molecule has 0 N–H and O–H groups in total. The molecule has 0 amide bonds. The van der Waals surface area contributed by atoms with Gasteiger partial charge in [0.15, 0.2) is 0 Å². The number of aromatic nitrogens is 2. The van der Waals surface area contributed by atoms with E-state index in [-0.39, 0.29) is 35.0 Å². The summed E-state index contributed by atoms with van der Waals surface area (Å²) in [7, 11) is -2.40. The van der Waals surface area contributed by atoms with Crippen LogP contribution < -0.4 is 4.74 Å². The van der Waals surface area contributed by atoms with E-state index in [1.807, 2.05) is 6.07 Å². The fourth-order valence-corrected chi connectivity index (χ4v) is 5.49. The molecule has 1 aromatic heterocycles. The Hall–Kier alpha value is -1.94. The smallest absolute Gasteiger partial charge is 0.249 e. The second kappa shape index (κ2) is 8.06. The third-order valence-electron chi connectivity index (χ3n) is 4.53. The van der Waals surface area contributed by atoms with Gasteiger partial charge in [-0.1, -0.05) is 39.7 Å². The predicted molar refractivity (Wildman–Crippen MR) is 111 cm³/mol. The maximum atomic E-state index is 13.4. The van der Waals surface area contributed by atoms with Crippen molar-refractivity contribution < 1.29 is 17.6 Å². The van der Waals surface area contributed by atoms with Gasteiger partial charge in [0, 0.05) is 10.5 Å². The molecule has 10 heteroatoms. The molecule has 0 spiro atoms. The van der Waals surface area contributed by atoms with E-state index in [0.717, 1.165) is 12.8 Å². The van der Waals surface area contributed by atoms with Gasteiger partial charge in [-0.05, 0) is 43.2 Å². The van der Waals surface area contributed by atoms with Crippen molar-refractivity contribution in [3.05, 3.63) is 57.9 Å². The van der Waals surface area contributed by atoms with Gasteiger partial charge in [0.25, 0.3) is 0 Å². The molecule has 2 aromatic carbocycles. The highest BCUT2D eigenvalue weighted by atomic mass is 79.9. The molecule has 3 aromatic rings. The molecule has 7 nitrogen and oxygen atoms in total. The number of ether oxygens (including phenoxy) is 1. The van der Waals surface area contributed by atoms with Gasteiger partial charge < -0.3 is 9.15 Å². The molecule has 1 saturated carbocycles. The first kappa shape index (κ1) is 20.3. The number of sulfonamides is 1. The van der Waals surface area contributed by atoms with E-state index in [1.165, 1.54) is 17.5 Å². The number of hydrogen-bond donors (Lipinski definition) is 0. The Labute approximate surface area is 181 Å². The van der Waals surface area contributed by atoms with E-state index < -0.39 is 10.0 Å². The van der Waals surface area contributed by atoms with Crippen molar-refractivity contribution in [2.24, 2.45) is 0 Å². The van der Waals surface area contributed by atoms with E-state index in [4.69, 9.17) is 20.8 Å². The van der Waals surface area contributed by atoms with Crippen molar-refractivity contribution in [3.63, 3.8) is 0 Å². The molecule has 0 unspecified atom stereocenters. The van der Waals surface area contributed by atoms with Crippen LogP contribution in [0.2, 0.25) is 5.02 Å². The van der Waals surface area contributed by atoms with Crippen molar-refractivity contribution in [2.75, 3.05) is 7.11 Å². The number of hydrogen-bond acceptors (Lipinski definition) is 6. The van der Waals surface area contributed by atoms with Crippen LogP contribution in [0.4, 0.5) is 0 Å². The maximum Gasteiger partial charge on any atom is 0.249 e. The van der Waals surface area contributed by atoms with Crippen molar-refractivity contribution in [3.8, 4) is 17.2 Å². The number of halogens is 2. The zero-order valence-corrected chi connectivity index (χ0v) is 18.5. The van der Waals surface area contributed by atoms with E-state index in [0.29, 0.717) is 15.1 Å². The molecule has 29 heavy (non-hydrogen) atoms. The van der Waals surface area contributed by atoms with Crippen LogP contribution in [0.5, 0.6) is 5.75 Å². The summed E-state index contributed by atoms with van der Waals surface area (Å²) in [6, 6.07) is 11.9. The summed E-state index contributed by atoms with van der Waals surface area (Å²) in [5.74, 6) is 0.726. The summed E-state index contributed by atoms with van der Waals surface area (Å²) >= 11 is 9.51. The molecule has 0 atom stereocenters. The minimum atomic E-state index is -3.84. The molecule has 1 fully saturated rings. The molecule has 0 radical (unpaired) electrons. The van der Waals surface area contributed by atoms with Crippen LogP contribution in [0.1, 0.15) is 18.7 Å². The molecule has 152 valence electrons. The Balaban J connectivity index is 1.66. The van der Waals surface area contributed by atoms with Crippen LogP contribution in [-0.4, -0.2) is 36.1 Å². The van der Waals surface area contributed by atoms with Gasteiger partial charge in [-0.3, -0.25) is 0 Å². The fraction of sp³-hybridized carbons (Fsp3) is 0.263. The van der Waals surface area contributed by atoms with Gasteiger partial charge in [-0.15, -0.1) is 10.2 Å². The summed E-state index contributed by atoms with van der Waals surface area (Å²) < 4.78 is 39.8. The summed E-state index contributed by atoms with van der Waals surface area (Å²) in [4.78, 5) is 0.0899. The second-order valence-corrected chi connectivity index (χ2v) is 9.74. The first-order valence-corrected chi connectivity index (χ1v) is 11.4. The molecule has 0 saturated heterocycles. The number of nitrogens with zero attached hydrogens (tertiary/aromatic N) is 3. The summed E-state index contributed by atoms with van der Waals surface area (Å²) in [5.41, 5.74) is 0.599. The van der Waals surface area contributed by atoms with Crippen molar-refractivity contribution >= 4 is 37.6 Å². The normalized spacial score (nSPS) is 14.3. The maximum absolute atomic E-state index is 13.4. The topological polar surface area (TPSA) is 85.5 Å². The number of methoxy groups -OCH3 is 1. The largest absolute Gasteiger partial charge is 0.495 e. The Kier molecular flexibility index (Phi) is 5.65. The van der Waals surface area contributed by atoms with E-state index in [9.17, 15) is 8.42 Å². The predicted octanol–water partition coefficient (Wildman–Crippen LogP) is 4.51. The molecule has 1 aliphatic carbocycles. The third-order valence-corrected chi connectivity index (χ3v) is 7.27. The molecule has 1 aliphatic rings. The number of benzene rings is 2. The molecule has 0 bridgehead atoms. The lowest BCUT2D eigenvalue weighted by Gasteiger charge is -2.21. The minimum absolute atomic E-state index is 0.0277. The van der Waals surface area contributed by atoms with Crippen LogP contribution in [0, 0.1) is 0 Å². The van der Waals surface area contributed by atoms with Gasteiger partial charge in [0.2, 0.25) is 21.8 Å². The standard InChI is InChI=1S/C19H17BrClN3O4S/c1-27-16-9-6-12(20)10-17(16)29(25,26)24(13-7-8-13)11-18-22-23-19(28-18)14-4-2-3-5-15(14)21/h2-6,9-10,13H,7-8,11H2,1H3. The van der Waals surface area contributed by atoms with Gasteiger partial charge in [-0.25, -0.2) is 8.42 Å². The average molecular weight is 499 g/mol. The first-order valence-electron chi connectivity index (χ1n) is 8.83. The minimum Gasteiger partial charge on any atom is -0.495 e. The summed E-state index contributed by atoms with van der Waals surface area (Å²) in [6.45, 7) is -0.0277. The first-order chi connectivity index (χ1) is 13.9. The molecule has 0 aliphatic heterocycles. The lowest BCUT2D eigenvalue weighted by Crippen LogP contribution is -2.33. The highest BCUT2D eigenvalue weighted by molar-refractivity contribution is 9.10. The summed E-state index contributed by atoms with van der Waals surface area (Å²) in [5, 5.41) is 8.54. The lowest BCUT2D eigenvalue weighted by molar-refractivity contribution is 0.346. The van der Waals surface area contributed by atoms with Crippen LogP contribution in [0.25, 0.3) is 11.5 Å². The van der Waals surface area contributed by atoms with E-state index in [1.54, 1.807) is 30.3 Å². The molecule has 4 rings (SSSR count). The van der Waals surface area contributed by atoms with Crippen LogP contribution in [0.3, 0.4) is 0 Å². The van der Waals surface area contributed by atoms with Crippen molar-refractivity contribution in [2.45, 2.75) is 30.3 Å². The number of rotatable bonds is 7. The SMILES string of the molecule is COc1ccc(Br)cc1S(=O)(=O)N(Cc1nnc(-c2ccccc2Cl)o1)C1CC1. The van der Waals surface area contributed by atoms with Crippen LogP contribution in [0.15, 0.2) is 56.2 Å². The Morgan fingerprint density at radius 3 is 2.69 bits per heavy atom. The van der Waals surface area contributed by atoms with Crippen LogP contribution in [-0.2, 0) is 16.6 Å². The monoisotopic (exact) mass is 497 g/mol. The highest BCUT2D eigenvalue weighted by Gasteiger charge is 2.40. The quantitative estimate of drug-likeness (QED) is 0.476. The Bertz CT molecular complexity index is 1150. The Morgan fingerprint density at radius 2 is 2.00 bits per heavy atom. The Morgan fingerprint density at radius 1 is 1.24 bits per heavy atom. The van der Waals surface area contributed by atoms with Gasteiger partial charge >= 0.3 is 0 Å². The highest BCUT2D eigenvalue weighted by Crippen LogP contribution is 2.37. The zero-order valence-electron chi connectivity index (χ0n) is 15.4. The lowest BCUT2D eigenvalue weighted by atomic mass is 10.2.